The van der Waals surface area contributed by atoms with Crippen molar-refractivity contribution in [2.24, 2.45) is 23.7 Å². The van der Waals surface area contributed by atoms with E-state index in [1.807, 2.05) is 36.4 Å². The minimum atomic E-state index is -1.46. The average Bonchev–Trinajstić information content (AvgIpc) is 3.34. The lowest BCUT2D eigenvalue weighted by atomic mass is 9.49. The summed E-state index contributed by atoms with van der Waals surface area (Å²) in [6, 6.07) is 22.3. The van der Waals surface area contributed by atoms with Gasteiger partial charge in [0.15, 0.2) is 0 Å². The molecule has 2 N–H and O–H groups in total. The number of nitrogens with zero attached hydrogens (tertiary/aromatic N) is 2. The van der Waals surface area contributed by atoms with Gasteiger partial charge in [0.25, 0.3) is 11.8 Å². The molecule has 206 valence electrons. The van der Waals surface area contributed by atoms with Crippen LogP contribution in [-0.4, -0.2) is 39.0 Å². The van der Waals surface area contributed by atoms with Crippen molar-refractivity contribution in [2.75, 3.05) is 4.90 Å². The van der Waals surface area contributed by atoms with Gasteiger partial charge in [0.1, 0.15) is 5.75 Å². The summed E-state index contributed by atoms with van der Waals surface area (Å²) in [6.07, 6.45) is 2.17. The minimum absolute atomic E-state index is 0.0470. The van der Waals surface area contributed by atoms with Crippen LogP contribution < -0.4 is 4.90 Å². The number of allylic oxidation sites excluding steroid dienone is 2. The van der Waals surface area contributed by atoms with E-state index >= 15 is 0 Å². The molecule has 0 spiro atoms. The summed E-state index contributed by atoms with van der Waals surface area (Å²) in [4.78, 5) is 56.6. The molecule has 0 aromatic heterocycles. The predicted octanol–water partition coefficient (Wildman–Crippen LogP) is 4.60. The van der Waals surface area contributed by atoms with Crippen molar-refractivity contribution in [1.82, 2.24) is 5.06 Å². The van der Waals surface area contributed by atoms with Crippen molar-refractivity contribution >= 4 is 40.9 Å². The first-order valence-electron chi connectivity index (χ1n) is 13.5. The van der Waals surface area contributed by atoms with E-state index in [9.17, 15) is 29.5 Å². The second-order valence-electron chi connectivity index (χ2n) is 11.1. The van der Waals surface area contributed by atoms with Crippen molar-refractivity contribution in [3.05, 3.63) is 107 Å². The molecule has 4 aliphatic rings. The van der Waals surface area contributed by atoms with Gasteiger partial charge in [-0.05, 0) is 48.6 Å². The number of benzene rings is 3. The van der Waals surface area contributed by atoms with Crippen molar-refractivity contribution in [3.8, 4) is 5.75 Å². The molecule has 2 heterocycles. The summed E-state index contributed by atoms with van der Waals surface area (Å²) < 4.78 is 0. The molecule has 6 unspecified atom stereocenters. The van der Waals surface area contributed by atoms with Crippen LogP contribution in [0.5, 0.6) is 5.75 Å². The van der Waals surface area contributed by atoms with Gasteiger partial charge in [0.2, 0.25) is 11.8 Å². The number of imide groups is 2. The van der Waals surface area contributed by atoms with Gasteiger partial charge in [0, 0.05) is 16.5 Å². The van der Waals surface area contributed by atoms with Crippen LogP contribution in [-0.2, 0) is 24.6 Å². The number of carbonyl (C=O) groups is 4. The first-order valence-corrected chi connectivity index (χ1v) is 13.9. The molecule has 0 bridgehead atoms. The third-order valence-electron chi connectivity index (χ3n) is 9.39. The van der Waals surface area contributed by atoms with Gasteiger partial charge in [-0.3, -0.25) is 24.4 Å². The quantitative estimate of drug-likeness (QED) is 0.271. The van der Waals surface area contributed by atoms with E-state index in [0.717, 1.165) is 0 Å². The fraction of sp³-hybridized carbons (Fsp3) is 0.250. The number of anilines is 1. The number of hydrogen-bond acceptors (Lipinski definition) is 6. The second kappa shape index (κ2) is 9.12. The number of aromatic hydroxyl groups is 1. The minimum Gasteiger partial charge on any atom is -0.508 e. The van der Waals surface area contributed by atoms with Gasteiger partial charge in [-0.25, -0.2) is 4.90 Å². The van der Waals surface area contributed by atoms with Gasteiger partial charge in [-0.2, -0.15) is 5.06 Å². The molecule has 3 aromatic carbocycles. The maximum atomic E-state index is 14.9. The number of amides is 4. The van der Waals surface area contributed by atoms with E-state index in [-0.39, 0.29) is 23.7 Å². The lowest BCUT2D eigenvalue weighted by Crippen LogP contribution is -2.53. The molecular formula is C32H25ClN2O6. The lowest BCUT2D eigenvalue weighted by Gasteiger charge is -2.50. The maximum absolute atomic E-state index is 14.9. The first-order chi connectivity index (χ1) is 19.8. The third kappa shape index (κ3) is 3.38. The number of rotatable bonds is 3. The Morgan fingerprint density at radius 2 is 1.56 bits per heavy atom. The number of hydrogen-bond donors (Lipinski definition) is 2. The van der Waals surface area contributed by atoms with Gasteiger partial charge < -0.3 is 5.11 Å². The van der Waals surface area contributed by atoms with Crippen LogP contribution in [0.2, 0.25) is 5.02 Å². The van der Waals surface area contributed by atoms with Crippen molar-refractivity contribution in [2.45, 2.75) is 24.2 Å². The monoisotopic (exact) mass is 568 g/mol. The summed E-state index contributed by atoms with van der Waals surface area (Å²) >= 11 is 6.28. The molecule has 6 atom stereocenters. The summed E-state index contributed by atoms with van der Waals surface area (Å²) in [5, 5.41) is 22.0. The molecule has 8 nitrogen and oxygen atoms in total. The highest BCUT2D eigenvalue weighted by Crippen LogP contribution is 2.65. The summed E-state index contributed by atoms with van der Waals surface area (Å²) in [6.45, 7) is 0. The SMILES string of the molecule is O=C1C2CC=C3C(CC4C(=O)N(c5cccc(Cl)c5)C(=O)C4(c4ccccc4)C3c3ccccc3O)C2C(=O)N1O. The van der Waals surface area contributed by atoms with E-state index in [1.165, 1.54) is 11.0 Å². The van der Waals surface area contributed by atoms with Crippen LogP contribution >= 0.6 is 11.6 Å². The van der Waals surface area contributed by atoms with Crippen LogP contribution in [0.4, 0.5) is 5.69 Å². The average molecular weight is 569 g/mol. The van der Waals surface area contributed by atoms with Gasteiger partial charge >= 0.3 is 0 Å². The maximum Gasteiger partial charge on any atom is 0.257 e. The fourth-order valence-electron chi connectivity index (χ4n) is 7.80. The van der Waals surface area contributed by atoms with Gasteiger partial charge in [-0.15, -0.1) is 0 Å². The van der Waals surface area contributed by atoms with E-state index in [0.29, 0.717) is 27.4 Å². The van der Waals surface area contributed by atoms with Crippen LogP contribution in [0.3, 0.4) is 0 Å². The Morgan fingerprint density at radius 3 is 2.29 bits per heavy atom. The Bertz CT molecular complexity index is 1670. The molecule has 1 saturated carbocycles. The van der Waals surface area contributed by atoms with E-state index in [1.54, 1.807) is 42.5 Å². The van der Waals surface area contributed by atoms with E-state index < -0.39 is 58.6 Å². The number of carbonyl (C=O) groups excluding carboxylic acids is 4. The van der Waals surface area contributed by atoms with Crippen molar-refractivity contribution in [3.63, 3.8) is 0 Å². The third-order valence-corrected chi connectivity index (χ3v) is 9.63. The highest BCUT2D eigenvalue weighted by Gasteiger charge is 2.70. The van der Waals surface area contributed by atoms with Crippen LogP contribution in [0.15, 0.2) is 90.5 Å². The zero-order chi connectivity index (χ0) is 28.6. The molecule has 9 heteroatoms. The number of phenolic OH excluding ortho intramolecular Hbond substituents is 1. The highest BCUT2D eigenvalue weighted by atomic mass is 35.5. The molecular weight excluding hydrogens is 544 g/mol. The predicted molar refractivity (Wildman–Crippen MR) is 148 cm³/mol. The molecule has 0 radical (unpaired) electrons. The zero-order valence-electron chi connectivity index (χ0n) is 21.7. The number of hydroxylamine groups is 2. The molecule has 3 aromatic rings. The van der Waals surface area contributed by atoms with Crippen LogP contribution in [0, 0.1) is 23.7 Å². The van der Waals surface area contributed by atoms with Crippen molar-refractivity contribution < 1.29 is 29.5 Å². The Morgan fingerprint density at radius 1 is 0.829 bits per heavy atom. The lowest BCUT2D eigenvalue weighted by molar-refractivity contribution is -0.173. The van der Waals surface area contributed by atoms with Crippen LogP contribution in [0.1, 0.15) is 29.9 Å². The summed E-state index contributed by atoms with van der Waals surface area (Å²) in [5.74, 6) is -6.31. The van der Waals surface area contributed by atoms with Gasteiger partial charge in [0.05, 0.1) is 28.9 Å². The Kier molecular flexibility index (Phi) is 5.71. The Balaban J connectivity index is 1.53. The summed E-state index contributed by atoms with van der Waals surface area (Å²) in [5.41, 5.74) is 0.636. The van der Waals surface area contributed by atoms with Crippen molar-refractivity contribution in [1.29, 1.82) is 0 Å². The van der Waals surface area contributed by atoms with E-state index in [2.05, 4.69) is 0 Å². The number of fused-ring (bicyclic) bond motifs is 4. The topological polar surface area (TPSA) is 115 Å². The largest absolute Gasteiger partial charge is 0.508 e. The molecule has 7 rings (SSSR count). The normalized spacial score (nSPS) is 30.7. The number of para-hydroxylation sites is 1. The van der Waals surface area contributed by atoms with Crippen LogP contribution in [0.25, 0.3) is 0 Å². The standard InChI is InChI=1S/C32H25ClN2O6/c33-18-9-6-10-19(15-18)34-29(38)24-16-23-20(13-14-22-26(23)30(39)35(41)28(22)37)27(21-11-4-5-12-25(21)36)32(24,31(34)40)17-7-2-1-3-8-17/h1-13,15,22-24,26-27,36,41H,14,16H2. The number of halogens is 1. The molecule has 3 fully saturated rings. The van der Waals surface area contributed by atoms with E-state index in [4.69, 9.17) is 11.6 Å². The number of phenols is 1. The highest BCUT2D eigenvalue weighted by molar-refractivity contribution is 6.32. The fourth-order valence-corrected chi connectivity index (χ4v) is 7.99. The smallest absolute Gasteiger partial charge is 0.257 e. The molecule has 41 heavy (non-hydrogen) atoms. The molecule has 4 amide bonds. The second-order valence-corrected chi connectivity index (χ2v) is 11.6. The first kappa shape index (κ1) is 25.7. The zero-order valence-corrected chi connectivity index (χ0v) is 22.4. The molecule has 2 aliphatic carbocycles. The Hall–Kier alpha value is -4.27. The Labute approximate surface area is 240 Å². The molecule has 2 saturated heterocycles. The molecule has 2 aliphatic heterocycles. The summed E-state index contributed by atoms with van der Waals surface area (Å²) in [7, 11) is 0. The van der Waals surface area contributed by atoms with Gasteiger partial charge in [-0.1, -0.05) is 77.8 Å².